The molecule has 7 nitrogen and oxygen atoms in total. The molecule has 0 saturated carbocycles. The average molecular weight is 300 g/mol. The third-order valence-corrected chi connectivity index (χ3v) is 3.28. The predicted octanol–water partition coefficient (Wildman–Crippen LogP) is 2.52. The molecular weight excluding hydrogens is 284 g/mol. The number of nitrogens with one attached hydrogen (secondary N) is 2. The second kappa shape index (κ2) is 6.66. The molecule has 7 heteroatoms. The number of carbonyl (C=O) groups excluding carboxylic acids is 1. The van der Waals surface area contributed by atoms with Gasteiger partial charge in [-0.05, 0) is 30.7 Å². The third-order valence-electron chi connectivity index (χ3n) is 3.28. The highest BCUT2D eigenvalue weighted by molar-refractivity contribution is 6.00. The van der Waals surface area contributed by atoms with Crippen LogP contribution in [0.1, 0.15) is 28.9 Å². The van der Waals surface area contributed by atoms with E-state index in [2.05, 4.69) is 15.6 Å². The van der Waals surface area contributed by atoms with Gasteiger partial charge in [-0.1, -0.05) is 0 Å². The summed E-state index contributed by atoms with van der Waals surface area (Å²) in [5, 5.41) is 16.6. The van der Waals surface area contributed by atoms with E-state index < -0.39 is 4.92 Å². The zero-order valence-corrected chi connectivity index (χ0v) is 12.2. The topological polar surface area (TPSA) is 97.2 Å². The number of nitrogens with zero attached hydrogens (tertiary/aromatic N) is 2. The van der Waals surface area contributed by atoms with Crippen molar-refractivity contribution in [2.24, 2.45) is 0 Å². The van der Waals surface area contributed by atoms with Crippen LogP contribution in [0, 0.1) is 10.1 Å². The Hall–Kier alpha value is -2.96. The zero-order valence-electron chi connectivity index (χ0n) is 12.2. The van der Waals surface area contributed by atoms with Crippen LogP contribution in [-0.2, 0) is 0 Å². The van der Waals surface area contributed by atoms with Gasteiger partial charge in [-0.3, -0.25) is 19.9 Å². The van der Waals surface area contributed by atoms with E-state index in [0.717, 1.165) is 5.56 Å². The highest BCUT2D eigenvalue weighted by Crippen LogP contribution is 2.22. The number of rotatable bonds is 5. The number of hydrogen-bond donors (Lipinski definition) is 2. The van der Waals surface area contributed by atoms with E-state index in [4.69, 9.17) is 0 Å². The van der Waals surface area contributed by atoms with E-state index in [9.17, 15) is 14.9 Å². The Morgan fingerprint density at radius 2 is 1.95 bits per heavy atom. The van der Waals surface area contributed by atoms with Gasteiger partial charge in [-0.15, -0.1) is 0 Å². The van der Waals surface area contributed by atoms with Crippen LogP contribution in [0.15, 0.2) is 42.7 Å². The lowest BCUT2D eigenvalue weighted by atomic mass is 10.1. The zero-order chi connectivity index (χ0) is 16.1. The van der Waals surface area contributed by atoms with Crippen LogP contribution in [0.3, 0.4) is 0 Å². The highest BCUT2D eigenvalue weighted by Gasteiger charge is 2.18. The van der Waals surface area contributed by atoms with Gasteiger partial charge < -0.3 is 10.6 Å². The summed E-state index contributed by atoms with van der Waals surface area (Å²) in [6, 6.07) is 7.51. The average Bonchev–Trinajstić information content (AvgIpc) is 2.54. The molecule has 2 rings (SSSR count). The first-order valence-electron chi connectivity index (χ1n) is 6.70. The van der Waals surface area contributed by atoms with E-state index in [1.54, 1.807) is 31.6 Å². The number of amides is 1. The minimum Gasteiger partial charge on any atom is -0.387 e. The second-order valence-electron chi connectivity index (χ2n) is 4.71. The van der Waals surface area contributed by atoms with Crippen LogP contribution in [-0.4, -0.2) is 22.9 Å². The number of non-ortho nitro benzene ring substituents is 1. The van der Waals surface area contributed by atoms with E-state index in [1.165, 1.54) is 18.2 Å². The molecule has 0 bridgehead atoms. The van der Waals surface area contributed by atoms with Gasteiger partial charge in [-0.25, -0.2) is 0 Å². The van der Waals surface area contributed by atoms with Crippen LogP contribution in [0.4, 0.5) is 11.4 Å². The molecule has 0 aliphatic carbocycles. The summed E-state index contributed by atoms with van der Waals surface area (Å²) in [4.78, 5) is 26.7. The third kappa shape index (κ3) is 3.38. The van der Waals surface area contributed by atoms with Crippen LogP contribution in [0.2, 0.25) is 0 Å². The number of carbonyl (C=O) groups is 1. The minimum atomic E-state index is -0.525. The quantitative estimate of drug-likeness (QED) is 0.653. The molecule has 1 amide bonds. The fourth-order valence-electron chi connectivity index (χ4n) is 2.06. The maximum absolute atomic E-state index is 12.4. The first-order valence-corrected chi connectivity index (χ1v) is 6.70. The van der Waals surface area contributed by atoms with Crippen molar-refractivity contribution in [3.63, 3.8) is 0 Å². The molecule has 2 aromatic rings. The molecular formula is C15H16N4O3. The van der Waals surface area contributed by atoms with Crippen LogP contribution < -0.4 is 10.6 Å². The number of pyridine rings is 1. The summed E-state index contributed by atoms with van der Waals surface area (Å²) >= 11 is 0. The lowest BCUT2D eigenvalue weighted by molar-refractivity contribution is -0.384. The minimum absolute atomic E-state index is 0.124. The number of benzene rings is 1. The molecule has 2 N–H and O–H groups in total. The van der Waals surface area contributed by atoms with Gasteiger partial charge in [0.2, 0.25) is 0 Å². The molecule has 0 aliphatic rings. The van der Waals surface area contributed by atoms with Gasteiger partial charge in [0, 0.05) is 37.3 Å². The molecule has 1 aromatic carbocycles. The molecule has 1 unspecified atom stereocenters. The van der Waals surface area contributed by atoms with Crippen molar-refractivity contribution < 1.29 is 9.72 Å². The van der Waals surface area contributed by atoms with Crippen molar-refractivity contribution in [1.29, 1.82) is 0 Å². The van der Waals surface area contributed by atoms with E-state index in [1.807, 2.05) is 6.92 Å². The molecule has 114 valence electrons. The number of anilines is 1. The van der Waals surface area contributed by atoms with Gasteiger partial charge in [0.25, 0.3) is 11.6 Å². The summed E-state index contributed by atoms with van der Waals surface area (Å²) in [5.74, 6) is -0.377. The van der Waals surface area contributed by atoms with Gasteiger partial charge >= 0.3 is 0 Å². The van der Waals surface area contributed by atoms with Gasteiger partial charge in [0.15, 0.2) is 0 Å². The van der Waals surface area contributed by atoms with Crippen molar-refractivity contribution in [2.75, 3.05) is 12.4 Å². The van der Waals surface area contributed by atoms with Gasteiger partial charge in [0.05, 0.1) is 16.5 Å². The van der Waals surface area contributed by atoms with Crippen LogP contribution >= 0.6 is 0 Å². The van der Waals surface area contributed by atoms with Gasteiger partial charge in [-0.2, -0.15) is 0 Å². The second-order valence-corrected chi connectivity index (χ2v) is 4.71. The van der Waals surface area contributed by atoms with Crippen molar-refractivity contribution in [1.82, 2.24) is 10.3 Å². The monoisotopic (exact) mass is 300 g/mol. The molecule has 0 spiro atoms. The van der Waals surface area contributed by atoms with Crippen molar-refractivity contribution >= 4 is 17.3 Å². The summed E-state index contributed by atoms with van der Waals surface area (Å²) in [6.45, 7) is 1.84. The standard InChI is InChI=1S/C15H16N4O3/c1-10(11-5-7-17-8-6-11)18-15(20)13-9-12(19(21)22)3-4-14(13)16-2/h3-10,16H,1-2H3,(H,18,20). The van der Waals surface area contributed by atoms with Gasteiger partial charge in [0.1, 0.15) is 0 Å². The lowest BCUT2D eigenvalue weighted by Gasteiger charge is -2.15. The molecule has 1 heterocycles. The molecule has 0 saturated heterocycles. The fourth-order valence-corrected chi connectivity index (χ4v) is 2.06. The molecule has 22 heavy (non-hydrogen) atoms. The summed E-state index contributed by atoms with van der Waals surface area (Å²) < 4.78 is 0. The molecule has 0 radical (unpaired) electrons. The summed E-state index contributed by atoms with van der Waals surface area (Å²) in [6.07, 6.45) is 3.29. The predicted molar refractivity (Wildman–Crippen MR) is 82.8 cm³/mol. The Morgan fingerprint density at radius 1 is 1.27 bits per heavy atom. The maximum Gasteiger partial charge on any atom is 0.270 e. The Labute approximate surface area is 127 Å². The number of aromatic nitrogens is 1. The van der Waals surface area contributed by atoms with Crippen molar-refractivity contribution in [3.05, 3.63) is 64.0 Å². The Balaban J connectivity index is 2.25. The molecule has 0 fully saturated rings. The van der Waals surface area contributed by atoms with E-state index >= 15 is 0 Å². The van der Waals surface area contributed by atoms with Crippen molar-refractivity contribution in [2.45, 2.75) is 13.0 Å². The first kappa shape index (κ1) is 15.4. The van der Waals surface area contributed by atoms with E-state index in [0.29, 0.717) is 5.69 Å². The first-order chi connectivity index (χ1) is 10.5. The summed E-state index contributed by atoms with van der Waals surface area (Å²) in [5.41, 5.74) is 1.54. The molecule has 0 aliphatic heterocycles. The van der Waals surface area contributed by atoms with E-state index in [-0.39, 0.29) is 23.2 Å². The number of nitro benzene ring substituents is 1. The largest absolute Gasteiger partial charge is 0.387 e. The smallest absolute Gasteiger partial charge is 0.270 e. The lowest BCUT2D eigenvalue weighted by Crippen LogP contribution is -2.27. The number of nitro groups is 1. The maximum atomic E-state index is 12.4. The normalized spacial score (nSPS) is 11.5. The van der Waals surface area contributed by atoms with Crippen LogP contribution in [0.5, 0.6) is 0 Å². The SMILES string of the molecule is CNc1ccc([N+](=O)[O-])cc1C(=O)NC(C)c1ccncc1. The molecule has 1 aromatic heterocycles. The number of hydrogen-bond acceptors (Lipinski definition) is 5. The Morgan fingerprint density at radius 3 is 2.55 bits per heavy atom. The highest BCUT2D eigenvalue weighted by atomic mass is 16.6. The molecule has 1 atom stereocenters. The Bertz CT molecular complexity index is 688. The fraction of sp³-hybridized carbons (Fsp3) is 0.200. The summed E-state index contributed by atoms with van der Waals surface area (Å²) in [7, 11) is 1.66. The van der Waals surface area contributed by atoms with Crippen molar-refractivity contribution in [3.8, 4) is 0 Å². The Kier molecular flexibility index (Phi) is 4.67. The van der Waals surface area contributed by atoms with Crippen LogP contribution in [0.25, 0.3) is 0 Å².